The Morgan fingerprint density at radius 3 is 2.50 bits per heavy atom. The normalized spacial score (nSPS) is 11.4. The van der Waals surface area contributed by atoms with Gasteiger partial charge in [0.15, 0.2) is 0 Å². The van der Waals surface area contributed by atoms with Gasteiger partial charge >= 0.3 is 0 Å². The number of sulfonamides is 1. The summed E-state index contributed by atoms with van der Waals surface area (Å²) in [5, 5.41) is 15.5. The number of aromatic nitrogens is 2. The molecule has 10 heteroatoms. The zero-order chi connectivity index (χ0) is 21.9. The Hall–Kier alpha value is -3.24. The maximum Gasteiger partial charge on any atom is 0.273 e. The third-order valence-corrected chi connectivity index (χ3v) is 6.23. The van der Waals surface area contributed by atoms with Gasteiger partial charge in [-0.05, 0) is 25.5 Å². The van der Waals surface area contributed by atoms with Gasteiger partial charge in [-0.1, -0.05) is 30.3 Å². The van der Waals surface area contributed by atoms with Gasteiger partial charge in [0.25, 0.3) is 5.69 Å². The van der Waals surface area contributed by atoms with Gasteiger partial charge in [0.2, 0.25) is 10.0 Å². The van der Waals surface area contributed by atoms with Crippen LogP contribution in [-0.4, -0.2) is 30.2 Å². The van der Waals surface area contributed by atoms with Gasteiger partial charge < -0.3 is 4.74 Å². The minimum atomic E-state index is -3.96. The number of aryl methyl sites for hydroxylation is 1. The monoisotopic (exact) mass is 430 g/mol. The molecule has 0 unspecified atom stereocenters. The first-order valence-electron chi connectivity index (χ1n) is 9.12. The maximum atomic E-state index is 12.8. The predicted molar refractivity (Wildman–Crippen MR) is 111 cm³/mol. The van der Waals surface area contributed by atoms with Crippen LogP contribution >= 0.6 is 0 Å². The fraction of sp³-hybridized carbons (Fsp3) is 0.250. The molecule has 0 saturated heterocycles. The molecule has 2 aromatic carbocycles. The number of ether oxygens (including phenoxy) is 1. The molecule has 158 valence electrons. The van der Waals surface area contributed by atoms with Crippen LogP contribution in [0.1, 0.15) is 22.5 Å². The molecule has 0 saturated carbocycles. The van der Waals surface area contributed by atoms with Crippen LogP contribution in [0.3, 0.4) is 0 Å². The molecular weight excluding hydrogens is 408 g/mol. The van der Waals surface area contributed by atoms with Crippen molar-refractivity contribution < 1.29 is 18.1 Å². The van der Waals surface area contributed by atoms with Crippen molar-refractivity contribution in [3.05, 3.63) is 81.2 Å². The second-order valence-corrected chi connectivity index (χ2v) is 8.44. The highest BCUT2D eigenvalue weighted by atomic mass is 32.2. The molecule has 3 rings (SSSR count). The van der Waals surface area contributed by atoms with Crippen LogP contribution in [0.4, 0.5) is 5.69 Å². The quantitative estimate of drug-likeness (QED) is 0.434. The summed E-state index contributed by atoms with van der Waals surface area (Å²) in [5.41, 5.74) is 3.19. The fourth-order valence-electron chi connectivity index (χ4n) is 3.14. The van der Waals surface area contributed by atoms with Gasteiger partial charge in [-0.15, -0.1) is 0 Å². The van der Waals surface area contributed by atoms with Crippen molar-refractivity contribution >= 4 is 15.7 Å². The summed E-state index contributed by atoms with van der Waals surface area (Å²) in [6.07, 6.45) is 0. The van der Waals surface area contributed by atoms with E-state index in [-0.39, 0.29) is 22.9 Å². The van der Waals surface area contributed by atoms with E-state index in [0.29, 0.717) is 6.54 Å². The lowest BCUT2D eigenvalue weighted by Crippen LogP contribution is -2.24. The lowest BCUT2D eigenvalue weighted by atomic mass is 10.2. The number of hydrogen-bond acceptors (Lipinski definition) is 6. The van der Waals surface area contributed by atoms with Crippen LogP contribution in [0, 0.1) is 24.0 Å². The van der Waals surface area contributed by atoms with E-state index in [1.165, 1.54) is 7.11 Å². The lowest BCUT2D eigenvalue weighted by molar-refractivity contribution is -0.385. The molecule has 1 heterocycles. The van der Waals surface area contributed by atoms with Gasteiger partial charge in [-0.3, -0.25) is 14.8 Å². The van der Waals surface area contributed by atoms with Crippen LogP contribution < -0.4 is 9.46 Å². The Kier molecular flexibility index (Phi) is 6.18. The van der Waals surface area contributed by atoms with E-state index in [2.05, 4.69) is 9.82 Å². The molecule has 30 heavy (non-hydrogen) atoms. The number of benzene rings is 2. The molecule has 1 aromatic heterocycles. The topological polar surface area (TPSA) is 116 Å². The van der Waals surface area contributed by atoms with Crippen molar-refractivity contribution in [1.82, 2.24) is 14.5 Å². The smallest absolute Gasteiger partial charge is 0.273 e. The molecule has 0 aliphatic rings. The van der Waals surface area contributed by atoms with Gasteiger partial charge in [0.05, 0.1) is 30.3 Å². The molecule has 0 aliphatic heterocycles. The predicted octanol–water partition coefficient (Wildman–Crippen LogP) is 2.94. The van der Waals surface area contributed by atoms with E-state index in [9.17, 15) is 18.5 Å². The molecular formula is C20H22N4O5S. The standard InChI is InChI=1S/C20H22N4O5S/c1-14-18(15(2)23(22-14)13-16-7-5-4-6-8-16)12-21-30(27,28)20-10-9-17(24(25)26)11-19(20)29-3/h4-11,21H,12-13H2,1-3H3. The number of hydrogen-bond donors (Lipinski definition) is 1. The second kappa shape index (κ2) is 8.64. The van der Waals surface area contributed by atoms with Crippen LogP contribution in [0.2, 0.25) is 0 Å². The van der Waals surface area contributed by atoms with Crippen molar-refractivity contribution in [1.29, 1.82) is 0 Å². The van der Waals surface area contributed by atoms with Crippen molar-refractivity contribution in [2.24, 2.45) is 0 Å². The Labute approximate surface area is 174 Å². The van der Waals surface area contributed by atoms with E-state index >= 15 is 0 Å². The Balaban J connectivity index is 1.82. The van der Waals surface area contributed by atoms with E-state index in [4.69, 9.17) is 4.74 Å². The molecule has 0 atom stereocenters. The molecule has 0 amide bonds. The highest BCUT2D eigenvalue weighted by Gasteiger charge is 2.23. The number of nitro benzene ring substituents is 1. The second-order valence-electron chi connectivity index (χ2n) is 6.71. The highest BCUT2D eigenvalue weighted by Crippen LogP contribution is 2.28. The number of nitrogens with zero attached hydrogens (tertiary/aromatic N) is 3. The molecule has 3 aromatic rings. The molecule has 0 aliphatic carbocycles. The van der Waals surface area contributed by atoms with E-state index in [0.717, 1.165) is 40.7 Å². The van der Waals surface area contributed by atoms with E-state index < -0.39 is 14.9 Å². The molecule has 0 bridgehead atoms. The molecule has 1 N–H and O–H groups in total. The summed E-state index contributed by atoms with van der Waals surface area (Å²) >= 11 is 0. The Bertz CT molecular complexity index is 1170. The molecule has 0 fully saturated rings. The van der Waals surface area contributed by atoms with Gasteiger partial charge in [0, 0.05) is 23.9 Å². The molecule has 0 spiro atoms. The van der Waals surface area contributed by atoms with Crippen LogP contribution in [-0.2, 0) is 23.1 Å². The number of nitrogens with one attached hydrogen (secondary N) is 1. The van der Waals surface area contributed by atoms with Crippen molar-refractivity contribution in [3.63, 3.8) is 0 Å². The lowest BCUT2D eigenvalue weighted by Gasteiger charge is -2.11. The van der Waals surface area contributed by atoms with Crippen molar-refractivity contribution in [2.75, 3.05) is 7.11 Å². The summed E-state index contributed by atoms with van der Waals surface area (Å²) in [6, 6.07) is 13.2. The van der Waals surface area contributed by atoms with Crippen LogP contribution in [0.15, 0.2) is 53.4 Å². The molecule has 9 nitrogen and oxygen atoms in total. The average Bonchev–Trinajstić information content (AvgIpc) is 2.99. The highest BCUT2D eigenvalue weighted by molar-refractivity contribution is 7.89. The van der Waals surface area contributed by atoms with E-state index in [1.807, 2.05) is 48.9 Å². The third kappa shape index (κ3) is 4.50. The number of methoxy groups -OCH3 is 1. The summed E-state index contributed by atoms with van der Waals surface area (Å²) in [7, 11) is -2.70. The SMILES string of the molecule is COc1cc([N+](=O)[O-])ccc1S(=O)(=O)NCc1c(C)nn(Cc2ccccc2)c1C. The van der Waals surface area contributed by atoms with Gasteiger partial charge in [0.1, 0.15) is 10.6 Å². The summed E-state index contributed by atoms with van der Waals surface area (Å²) < 4.78 is 35.0. The minimum Gasteiger partial charge on any atom is -0.495 e. The maximum absolute atomic E-state index is 12.8. The fourth-order valence-corrected chi connectivity index (χ4v) is 4.28. The minimum absolute atomic E-state index is 0.0366. The average molecular weight is 430 g/mol. The zero-order valence-electron chi connectivity index (χ0n) is 16.8. The Morgan fingerprint density at radius 1 is 1.17 bits per heavy atom. The van der Waals surface area contributed by atoms with Gasteiger partial charge in [-0.2, -0.15) is 5.10 Å². The summed E-state index contributed by atoms with van der Waals surface area (Å²) in [5.74, 6) is -0.0927. The summed E-state index contributed by atoms with van der Waals surface area (Å²) in [4.78, 5) is 10.1. The number of nitro groups is 1. The molecule has 0 radical (unpaired) electrons. The first-order valence-corrected chi connectivity index (χ1v) is 10.6. The largest absolute Gasteiger partial charge is 0.495 e. The first kappa shape index (κ1) is 21.5. The number of rotatable bonds is 8. The number of non-ortho nitro benzene ring substituents is 1. The summed E-state index contributed by atoms with van der Waals surface area (Å²) in [6.45, 7) is 4.33. The van der Waals surface area contributed by atoms with E-state index in [1.54, 1.807) is 0 Å². The van der Waals surface area contributed by atoms with Crippen molar-refractivity contribution in [3.8, 4) is 5.75 Å². The third-order valence-electron chi connectivity index (χ3n) is 4.79. The van der Waals surface area contributed by atoms with Crippen LogP contribution in [0.5, 0.6) is 5.75 Å². The zero-order valence-corrected chi connectivity index (χ0v) is 17.6. The van der Waals surface area contributed by atoms with Gasteiger partial charge in [-0.25, -0.2) is 13.1 Å². The van der Waals surface area contributed by atoms with Crippen molar-refractivity contribution in [2.45, 2.75) is 31.8 Å². The van der Waals surface area contributed by atoms with Crippen LogP contribution in [0.25, 0.3) is 0 Å². The Morgan fingerprint density at radius 2 is 1.87 bits per heavy atom. The first-order chi connectivity index (χ1) is 14.2.